The van der Waals surface area contributed by atoms with Crippen molar-refractivity contribution >= 4 is 5.97 Å². The van der Waals surface area contributed by atoms with Crippen LogP contribution in [-0.4, -0.2) is 18.9 Å². The van der Waals surface area contributed by atoms with Crippen LogP contribution >= 0.6 is 0 Å². The van der Waals surface area contributed by atoms with Crippen LogP contribution in [0.4, 0.5) is 13.2 Å². The summed E-state index contributed by atoms with van der Waals surface area (Å²) in [4.78, 5) is 12.1. The third kappa shape index (κ3) is 4.75. The minimum absolute atomic E-state index is 0.00194. The molecule has 6 heteroatoms. The van der Waals surface area contributed by atoms with E-state index < -0.39 is 6.36 Å². The van der Waals surface area contributed by atoms with Gasteiger partial charge >= 0.3 is 12.3 Å². The quantitative estimate of drug-likeness (QED) is 0.760. The maximum atomic E-state index is 12.3. The van der Waals surface area contributed by atoms with E-state index in [4.69, 9.17) is 4.74 Å². The van der Waals surface area contributed by atoms with Crippen molar-refractivity contribution in [3.8, 4) is 5.75 Å². The fourth-order valence-corrected chi connectivity index (χ4v) is 3.10. The number of carbonyl (C=O) groups excluding carboxylic acids is 1. The van der Waals surface area contributed by atoms with Crippen molar-refractivity contribution in [3.05, 3.63) is 65.7 Å². The lowest BCUT2D eigenvalue weighted by molar-refractivity contribution is -0.274. The summed E-state index contributed by atoms with van der Waals surface area (Å²) in [6.07, 6.45) is -3.72. The summed E-state index contributed by atoms with van der Waals surface area (Å²) < 4.78 is 46.2. The number of hydrogen-bond acceptors (Lipinski definition) is 3. The molecule has 0 unspecified atom stereocenters. The number of ether oxygens (including phenoxy) is 2. The Labute approximate surface area is 143 Å². The molecular formula is C19H17F3O3. The van der Waals surface area contributed by atoms with E-state index in [1.807, 2.05) is 30.3 Å². The first-order valence-electron chi connectivity index (χ1n) is 7.96. The van der Waals surface area contributed by atoms with Gasteiger partial charge < -0.3 is 9.47 Å². The largest absolute Gasteiger partial charge is 0.573 e. The van der Waals surface area contributed by atoms with Gasteiger partial charge in [-0.05, 0) is 36.1 Å². The summed E-state index contributed by atoms with van der Waals surface area (Å²) in [5.74, 6) is -0.956. The van der Waals surface area contributed by atoms with Crippen molar-refractivity contribution in [2.45, 2.75) is 19.2 Å². The van der Waals surface area contributed by atoms with Gasteiger partial charge in [-0.2, -0.15) is 0 Å². The molecule has 0 bridgehead atoms. The minimum Gasteiger partial charge on any atom is -0.465 e. The Morgan fingerprint density at radius 2 is 1.72 bits per heavy atom. The molecule has 0 saturated carbocycles. The molecule has 1 fully saturated rings. The molecule has 3 nitrogen and oxygen atoms in total. The van der Waals surface area contributed by atoms with Crippen molar-refractivity contribution in [2.75, 3.05) is 6.61 Å². The zero-order valence-electron chi connectivity index (χ0n) is 13.3. The van der Waals surface area contributed by atoms with Gasteiger partial charge in [0.1, 0.15) is 5.75 Å². The van der Waals surface area contributed by atoms with Gasteiger partial charge in [0.25, 0.3) is 0 Å². The van der Waals surface area contributed by atoms with Crippen LogP contribution in [0.5, 0.6) is 5.75 Å². The van der Waals surface area contributed by atoms with E-state index in [-0.39, 0.29) is 23.6 Å². The second-order valence-corrected chi connectivity index (χ2v) is 6.09. The van der Waals surface area contributed by atoms with Gasteiger partial charge in [0.2, 0.25) is 0 Å². The van der Waals surface area contributed by atoms with E-state index in [1.165, 1.54) is 18.2 Å². The SMILES string of the molecule is O=C1OC[C@H](Cc2ccccc2)[C@H]1Cc1cccc(OC(F)(F)F)c1. The van der Waals surface area contributed by atoms with E-state index in [0.29, 0.717) is 25.0 Å². The van der Waals surface area contributed by atoms with Crippen molar-refractivity contribution in [1.82, 2.24) is 0 Å². The fourth-order valence-electron chi connectivity index (χ4n) is 3.10. The zero-order valence-corrected chi connectivity index (χ0v) is 13.3. The third-order valence-electron chi connectivity index (χ3n) is 4.24. The Morgan fingerprint density at radius 3 is 2.44 bits per heavy atom. The summed E-state index contributed by atoms with van der Waals surface area (Å²) in [5, 5.41) is 0. The van der Waals surface area contributed by atoms with Crippen molar-refractivity contribution in [3.63, 3.8) is 0 Å². The lowest BCUT2D eigenvalue weighted by Gasteiger charge is -2.16. The van der Waals surface area contributed by atoms with E-state index >= 15 is 0 Å². The average molecular weight is 350 g/mol. The minimum atomic E-state index is -4.74. The van der Waals surface area contributed by atoms with Crippen LogP contribution in [0.25, 0.3) is 0 Å². The number of cyclic esters (lactones) is 1. The maximum absolute atomic E-state index is 12.3. The molecule has 2 aromatic rings. The smallest absolute Gasteiger partial charge is 0.465 e. The van der Waals surface area contributed by atoms with Crippen LogP contribution in [0.15, 0.2) is 54.6 Å². The molecule has 25 heavy (non-hydrogen) atoms. The number of carbonyl (C=O) groups is 1. The normalized spacial score (nSPS) is 20.4. The number of esters is 1. The first kappa shape index (κ1) is 17.3. The molecular weight excluding hydrogens is 333 g/mol. The predicted molar refractivity (Wildman–Crippen MR) is 84.9 cm³/mol. The highest BCUT2D eigenvalue weighted by Crippen LogP contribution is 2.30. The summed E-state index contributed by atoms with van der Waals surface area (Å²) >= 11 is 0. The third-order valence-corrected chi connectivity index (χ3v) is 4.24. The Balaban J connectivity index is 1.71. The Kier molecular flexibility index (Phi) is 4.97. The van der Waals surface area contributed by atoms with Gasteiger partial charge in [-0.3, -0.25) is 4.79 Å². The van der Waals surface area contributed by atoms with Gasteiger partial charge in [-0.25, -0.2) is 0 Å². The molecule has 3 rings (SSSR count). The Morgan fingerprint density at radius 1 is 1.00 bits per heavy atom. The van der Waals surface area contributed by atoms with Crippen molar-refractivity contribution < 1.29 is 27.4 Å². The molecule has 132 valence electrons. The number of halogens is 3. The first-order chi connectivity index (χ1) is 11.9. The monoisotopic (exact) mass is 350 g/mol. The molecule has 1 aliphatic rings. The van der Waals surface area contributed by atoms with E-state index in [1.54, 1.807) is 6.07 Å². The predicted octanol–water partition coefficient (Wildman–Crippen LogP) is 4.16. The van der Waals surface area contributed by atoms with Crippen LogP contribution in [0.2, 0.25) is 0 Å². The van der Waals surface area contributed by atoms with Gasteiger partial charge in [0.05, 0.1) is 12.5 Å². The lowest BCUT2D eigenvalue weighted by atomic mass is 9.85. The second kappa shape index (κ2) is 7.17. The molecule has 0 amide bonds. The number of benzene rings is 2. The zero-order chi connectivity index (χ0) is 17.9. The summed E-state index contributed by atoms with van der Waals surface area (Å²) in [5.41, 5.74) is 1.72. The Hall–Kier alpha value is -2.50. The number of alkyl halides is 3. The van der Waals surface area contributed by atoms with Gasteiger partial charge in [0.15, 0.2) is 0 Å². The topological polar surface area (TPSA) is 35.5 Å². The lowest BCUT2D eigenvalue weighted by Crippen LogP contribution is -2.21. The average Bonchev–Trinajstić information content (AvgIpc) is 2.88. The highest BCUT2D eigenvalue weighted by atomic mass is 19.4. The molecule has 0 N–H and O–H groups in total. The summed E-state index contributed by atoms with van der Waals surface area (Å²) in [7, 11) is 0. The maximum Gasteiger partial charge on any atom is 0.573 e. The standard InChI is InChI=1S/C19H17F3O3/c20-19(21,22)25-16-8-4-7-14(10-16)11-17-15(12-24-18(17)23)9-13-5-2-1-3-6-13/h1-8,10,15,17H,9,11-12H2/t15-,17+/m0/s1. The van der Waals surface area contributed by atoms with E-state index in [9.17, 15) is 18.0 Å². The van der Waals surface area contributed by atoms with Gasteiger partial charge in [-0.1, -0.05) is 42.5 Å². The van der Waals surface area contributed by atoms with Gasteiger partial charge in [-0.15, -0.1) is 13.2 Å². The molecule has 1 aliphatic heterocycles. The number of hydrogen-bond donors (Lipinski definition) is 0. The molecule has 0 spiro atoms. The molecule has 2 aromatic carbocycles. The number of rotatable bonds is 5. The van der Waals surface area contributed by atoms with Crippen molar-refractivity contribution in [1.29, 1.82) is 0 Å². The van der Waals surface area contributed by atoms with Crippen molar-refractivity contribution in [2.24, 2.45) is 11.8 Å². The molecule has 1 heterocycles. The highest BCUT2D eigenvalue weighted by molar-refractivity contribution is 5.75. The molecule has 1 saturated heterocycles. The van der Waals surface area contributed by atoms with Crippen LogP contribution < -0.4 is 4.74 Å². The highest BCUT2D eigenvalue weighted by Gasteiger charge is 2.37. The van der Waals surface area contributed by atoms with E-state index in [0.717, 1.165) is 5.56 Å². The molecule has 0 radical (unpaired) electrons. The first-order valence-corrected chi connectivity index (χ1v) is 7.96. The fraction of sp³-hybridized carbons (Fsp3) is 0.316. The van der Waals surface area contributed by atoms with Crippen LogP contribution in [0.1, 0.15) is 11.1 Å². The van der Waals surface area contributed by atoms with E-state index in [2.05, 4.69) is 4.74 Å². The summed E-state index contributed by atoms with van der Waals surface area (Å²) in [6.45, 7) is 0.330. The summed E-state index contributed by atoms with van der Waals surface area (Å²) in [6, 6.07) is 15.5. The Bertz CT molecular complexity index is 728. The molecule has 0 aliphatic carbocycles. The second-order valence-electron chi connectivity index (χ2n) is 6.09. The molecule has 0 aromatic heterocycles. The van der Waals surface area contributed by atoms with Gasteiger partial charge in [0, 0.05) is 5.92 Å². The van der Waals surface area contributed by atoms with Crippen LogP contribution in [-0.2, 0) is 22.4 Å². The van der Waals surface area contributed by atoms with Crippen LogP contribution in [0, 0.1) is 11.8 Å². The molecule has 2 atom stereocenters. The van der Waals surface area contributed by atoms with Crippen LogP contribution in [0.3, 0.4) is 0 Å².